The standard InChI is InChI=1S/C15H25N/c1-2-3-14(16)9-15-12-5-10-4-11(7-12)8-13(15)6-10/h2,10-15H,1,3-9,16H2. The van der Waals surface area contributed by atoms with Crippen molar-refractivity contribution in [1.82, 2.24) is 0 Å². The Morgan fingerprint density at radius 1 is 1.06 bits per heavy atom. The maximum Gasteiger partial charge on any atom is 0.00761 e. The van der Waals surface area contributed by atoms with Gasteiger partial charge >= 0.3 is 0 Å². The third-order valence-corrected chi connectivity index (χ3v) is 5.47. The summed E-state index contributed by atoms with van der Waals surface area (Å²) in [4.78, 5) is 0. The summed E-state index contributed by atoms with van der Waals surface area (Å²) in [6.45, 7) is 3.81. The van der Waals surface area contributed by atoms with Crippen LogP contribution in [-0.2, 0) is 0 Å². The average Bonchev–Trinajstić information content (AvgIpc) is 2.23. The van der Waals surface area contributed by atoms with Crippen molar-refractivity contribution < 1.29 is 0 Å². The second-order valence-corrected chi connectivity index (χ2v) is 6.61. The molecular weight excluding hydrogens is 194 g/mol. The summed E-state index contributed by atoms with van der Waals surface area (Å²) in [7, 11) is 0. The summed E-state index contributed by atoms with van der Waals surface area (Å²) in [6, 6.07) is 0.375. The van der Waals surface area contributed by atoms with Gasteiger partial charge in [-0.3, -0.25) is 0 Å². The Labute approximate surface area is 99.5 Å². The predicted molar refractivity (Wildman–Crippen MR) is 67.9 cm³/mol. The topological polar surface area (TPSA) is 26.0 Å². The highest BCUT2D eigenvalue weighted by Gasteiger charge is 2.47. The average molecular weight is 219 g/mol. The van der Waals surface area contributed by atoms with E-state index in [0.717, 1.165) is 36.0 Å². The van der Waals surface area contributed by atoms with E-state index in [1.54, 1.807) is 6.42 Å². The normalized spacial score (nSPS) is 46.9. The van der Waals surface area contributed by atoms with Gasteiger partial charge in [-0.05, 0) is 74.5 Å². The largest absolute Gasteiger partial charge is 0.327 e. The molecule has 4 aliphatic rings. The van der Waals surface area contributed by atoms with Crippen LogP contribution in [0.5, 0.6) is 0 Å². The van der Waals surface area contributed by atoms with E-state index >= 15 is 0 Å². The van der Waals surface area contributed by atoms with E-state index in [2.05, 4.69) is 6.58 Å². The van der Waals surface area contributed by atoms with Gasteiger partial charge in [0.05, 0.1) is 0 Å². The van der Waals surface area contributed by atoms with Gasteiger partial charge in [0.1, 0.15) is 0 Å². The Balaban J connectivity index is 1.65. The molecule has 0 radical (unpaired) electrons. The first-order valence-corrected chi connectivity index (χ1v) is 7.12. The van der Waals surface area contributed by atoms with E-state index in [0.29, 0.717) is 6.04 Å². The highest BCUT2D eigenvalue weighted by molar-refractivity contribution is 4.99. The number of hydrogen-bond donors (Lipinski definition) is 1. The lowest BCUT2D eigenvalue weighted by atomic mass is 9.51. The first-order chi connectivity index (χ1) is 7.76. The van der Waals surface area contributed by atoms with Crippen molar-refractivity contribution in [2.75, 3.05) is 0 Å². The van der Waals surface area contributed by atoms with Crippen molar-refractivity contribution in [2.45, 2.75) is 51.0 Å². The van der Waals surface area contributed by atoms with Crippen LogP contribution in [0.15, 0.2) is 12.7 Å². The van der Waals surface area contributed by atoms with E-state index in [1.807, 2.05) is 6.08 Å². The van der Waals surface area contributed by atoms with Gasteiger partial charge < -0.3 is 5.73 Å². The first kappa shape index (κ1) is 10.8. The van der Waals surface area contributed by atoms with E-state index in [-0.39, 0.29) is 0 Å². The molecule has 4 aliphatic carbocycles. The molecule has 2 N–H and O–H groups in total. The molecule has 0 spiro atoms. The molecule has 0 saturated heterocycles. The Hall–Kier alpha value is -0.300. The molecule has 0 aromatic rings. The molecule has 4 fully saturated rings. The van der Waals surface area contributed by atoms with E-state index < -0.39 is 0 Å². The molecule has 4 bridgehead atoms. The van der Waals surface area contributed by atoms with Crippen LogP contribution in [0, 0.1) is 29.6 Å². The fraction of sp³-hybridized carbons (Fsp3) is 0.867. The van der Waals surface area contributed by atoms with Crippen LogP contribution in [0.2, 0.25) is 0 Å². The van der Waals surface area contributed by atoms with Gasteiger partial charge in [-0.15, -0.1) is 6.58 Å². The van der Waals surface area contributed by atoms with E-state index in [9.17, 15) is 0 Å². The van der Waals surface area contributed by atoms with Crippen molar-refractivity contribution in [2.24, 2.45) is 35.3 Å². The molecule has 1 unspecified atom stereocenters. The Morgan fingerprint density at radius 2 is 1.62 bits per heavy atom. The number of hydrogen-bond acceptors (Lipinski definition) is 1. The van der Waals surface area contributed by atoms with Crippen LogP contribution in [0.3, 0.4) is 0 Å². The van der Waals surface area contributed by atoms with Crippen LogP contribution in [0.1, 0.15) is 44.9 Å². The zero-order valence-electron chi connectivity index (χ0n) is 10.3. The summed E-state index contributed by atoms with van der Waals surface area (Å²) < 4.78 is 0. The second kappa shape index (κ2) is 4.18. The number of nitrogens with two attached hydrogens (primary N) is 1. The molecule has 0 heterocycles. The Morgan fingerprint density at radius 3 is 2.12 bits per heavy atom. The van der Waals surface area contributed by atoms with Crippen LogP contribution < -0.4 is 5.73 Å². The molecule has 4 saturated carbocycles. The van der Waals surface area contributed by atoms with Crippen molar-refractivity contribution in [3.8, 4) is 0 Å². The maximum atomic E-state index is 6.19. The molecule has 4 rings (SSSR count). The molecule has 0 aromatic carbocycles. The molecule has 0 amide bonds. The molecule has 1 heteroatoms. The Kier molecular flexibility index (Phi) is 2.83. The maximum absolute atomic E-state index is 6.19. The fourth-order valence-electron chi connectivity index (χ4n) is 5.08. The summed E-state index contributed by atoms with van der Waals surface area (Å²) in [5, 5.41) is 0. The van der Waals surface area contributed by atoms with Crippen LogP contribution in [-0.4, -0.2) is 6.04 Å². The van der Waals surface area contributed by atoms with Gasteiger partial charge in [-0.25, -0.2) is 0 Å². The highest BCUT2D eigenvalue weighted by Crippen LogP contribution is 2.57. The first-order valence-electron chi connectivity index (χ1n) is 7.12. The quantitative estimate of drug-likeness (QED) is 0.721. The predicted octanol–water partition coefficient (Wildman–Crippen LogP) is 3.35. The lowest BCUT2D eigenvalue weighted by molar-refractivity contribution is -0.0418. The SMILES string of the molecule is C=CCC(N)CC1C2CC3CC(C2)CC1C3. The molecule has 0 aromatic heterocycles. The van der Waals surface area contributed by atoms with Crippen molar-refractivity contribution >= 4 is 0 Å². The van der Waals surface area contributed by atoms with Gasteiger partial charge in [0.25, 0.3) is 0 Å². The van der Waals surface area contributed by atoms with E-state index in [4.69, 9.17) is 5.73 Å². The van der Waals surface area contributed by atoms with Crippen LogP contribution in [0.4, 0.5) is 0 Å². The smallest absolute Gasteiger partial charge is 0.00761 e. The van der Waals surface area contributed by atoms with Crippen LogP contribution >= 0.6 is 0 Å². The zero-order chi connectivity index (χ0) is 11.1. The lowest BCUT2D eigenvalue weighted by Gasteiger charge is -2.55. The van der Waals surface area contributed by atoms with Crippen molar-refractivity contribution in [1.29, 1.82) is 0 Å². The number of rotatable bonds is 4. The van der Waals surface area contributed by atoms with Crippen LogP contribution in [0.25, 0.3) is 0 Å². The molecule has 1 nitrogen and oxygen atoms in total. The lowest BCUT2D eigenvalue weighted by Crippen LogP contribution is -2.46. The van der Waals surface area contributed by atoms with Gasteiger partial charge in [0, 0.05) is 6.04 Å². The van der Waals surface area contributed by atoms with Crippen molar-refractivity contribution in [3.63, 3.8) is 0 Å². The minimum atomic E-state index is 0.375. The second-order valence-electron chi connectivity index (χ2n) is 6.61. The van der Waals surface area contributed by atoms with Gasteiger partial charge in [-0.2, -0.15) is 0 Å². The van der Waals surface area contributed by atoms with Gasteiger partial charge in [-0.1, -0.05) is 6.08 Å². The molecule has 16 heavy (non-hydrogen) atoms. The minimum Gasteiger partial charge on any atom is -0.327 e. The van der Waals surface area contributed by atoms with Gasteiger partial charge in [0.15, 0.2) is 0 Å². The Bertz CT molecular complexity index is 243. The highest BCUT2D eigenvalue weighted by atomic mass is 14.6. The molecular formula is C15H25N. The summed E-state index contributed by atoms with van der Waals surface area (Å²) >= 11 is 0. The molecule has 1 atom stereocenters. The summed E-state index contributed by atoms with van der Waals surface area (Å²) in [5.41, 5.74) is 6.19. The van der Waals surface area contributed by atoms with E-state index in [1.165, 1.54) is 32.1 Å². The molecule has 90 valence electrons. The monoisotopic (exact) mass is 219 g/mol. The summed E-state index contributed by atoms with van der Waals surface area (Å²) in [5.74, 6) is 5.21. The summed E-state index contributed by atoms with van der Waals surface area (Å²) in [6.07, 6.45) is 11.9. The van der Waals surface area contributed by atoms with Crippen molar-refractivity contribution in [3.05, 3.63) is 12.7 Å². The third-order valence-electron chi connectivity index (χ3n) is 5.47. The fourth-order valence-corrected chi connectivity index (χ4v) is 5.08. The molecule has 0 aliphatic heterocycles. The zero-order valence-corrected chi connectivity index (χ0v) is 10.3. The minimum absolute atomic E-state index is 0.375. The third kappa shape index (κ3) is 1.84. The van der Waals surface area contributed by atoms with Gasteiger partial charge in [0.2, 0.25) is 0 Å².